The first kappa shape index (κ1) is 86.3. The number of amides is 4. The molecule has 8 atom stereocenters. The summed E-state index contributed by atoms with van der Waals surface area (Å²) in [6.07, 6.45) is 6.26. The van der Waals surface area contributed by atoms with Crippen molar-refractivity contribution in [1.29, 1.82) is 0 Å². The molecule has 8 N–H and O–H groups in total. The molecule has 4 saturated heterocycles. The third-order valence-corrected chi connectivity index (χ3v) is 23.0. The van der Waals surface area contributed by atoms with Crippen molar-refractivity contribution in [3.05, 3.63) is 237 Å². The normalized spacial score (nSPS) is 23.9. The van der Waals surface area contributed by atoms with Gasteiger partial charge >= 0.3 is 24.7 Å². The van der Waals surface area contributed by atoms with Gasteiger partial charge in [-0.3, -0.25) is 39.1 Å². The van der Waals surface area contributed by atoms with Crippen molar-refractivity contribution in [2.24, 2.45) is 0 Å². The zero-order valence-corrected chi connectivity index (χ0v) is 66.1. The van der Waals surface area contributed by atoms with Crippen LogP contribution in [0.15, 0.2) is 141 Å². The lowest BCUT2D eigenvalue weighted by atomic mass is 9.74. The zero-order valence-electron chi connectivity index (χ0n) is 66.1. The molecule has 0 radical (unpaired) electrons. The number of carbonyl (C=O) groups excluding carboxylic acids is 4. The quantitative estimate of drug-likeness (QED) is 0.0445. The molecule has 4 aliphatic heterocycles. The number of aliphatic hydroxyl groups excluding tert-OH is 3. The van der Waals surface area contributed by atoms with Crippen LogP contribution in [0.25, 0.3) is 22.6 Å². The predicted octanol–water partition coefficient (Wildman–Crippen LogP) is 8.67. The SMILES string of the molecule is Cc1cnc2c(C(=O)NC3(c4ccc(C(F)(F)F)nc4)COCC3O)cnn2c1.Cc1nn2cc(C3CC3)cnc2c1C(=O)NC1(c2ccc(C(F)(F)F)cn2)CCOCC1(C)O.O=C(NC1(c2ccc(C(F)(F)F)cn2)COCC1O)c1cnn2cc(C3CC3)cnc12.O=C(NC1(c2ccc(C(F)(F)F)nc2)COCC1O)c1cnn2cc(C3CC3)cnc12. The first-order valence-corrected chi connectivity index (χ1v) is 39.1. The molecule has 656 valence electrons. The van der Waals surface area contributed by atoms with E-state index in [4.69, 9.17) is 18.9 Å². The number of hydrogen-bond donors (Lipinski definition) is 8. The Morgan fingerprint density at radius 3 is 1.19 bits per heavy atom. The Labute approximate surface area is 698 Å². The van der Waals surface area contributed by atoms with Crippen molar-refractivity contribution < 1.29 is 111 Å². The minimum absolute atomic E-state index is 0.0688. The van der Waals surface area contributed by atoms with Crippen molar-refractivity contribution in [2.75, 3.05) is 52.9 Å². The van der Waals surface area contributed by atoms with Gasteiger partial charge in [0.05, 0.1) is 93.0 Å². The summed E-state index contributed by atoms with van der Waals surface area (Å²) in [5.74, 6) is -0.911. The van der Waals surface area contributed by atoms with E-state index in [1.807, 2.05) is 25.5 Å². The lowest BCUT2D eigenvalue weighted by Gasteiger charge is -2.48. The van der Waals surface area contributed by atoms with Crippen molar-refractivity contribution in [1.82, 2.24) is 99.6 Å². The highest BCUT2D eigenvalue weighted by atomic mass is 19.4. The molecule has 7 fully saturated rings. The molecular weight excluding hydrogens is 1670 g/mol. The van der Waals surface area contributed by atoms with Gasteiger partial charge in [-0.1, -0.05) is 12.1 Å². The molecule has 3 aliphatic carbocycles. The Balaban J connectivity index is 0.000000123. The van der Waals surface area contributed by atoms with Gasteiger partial charge in [0.1, 0.15) is 79.7 Å². The number of rotatable bonds is 15. The molecular formula is C81H76F12N20O12. The van der Waals surface area contributed by atoms with E-state index >= 15 is 0 Å². The fourth-order valence-corrected chi connectivity index (χ4v) is 15.4. The van der Waals surface area contributed by atoms with Gasteiger partial charge in [-0.15, -0.1) is 0 Å². The predicted molar refractivity (Wildman–Crippen MR) is 407 cm³/mol. The van der Waals surface area contributed by atoms with Crippen LogP contribution in [0.2, 0.25) is 0 Å². The maximum Gasteiger partial charge on any atom is 0.433 e. The van der Waals surface area contributed by atoms with Gasteiger partial charge in [0, 0.05) is 98.5 Å². The number of ether oxygens (including phenoxy) is 4. The average molecular weight is 1750 g/mol. The average Bonchev–Trinajstić information content (AvgIpc) is 1.43. The lowest BCUT2D eigenvalue weighted by Crippen LogP contribution is -2.65. The largest absolute Gasteiger partial charge is 0.433 e. The van der Waals surface area contributed by atoms with Crippen LogP contribution in [0.1, 0.15) is 184 Å². The summed E-state index contributed by atoms with van der Waals surface area (Å²) in [5.41, 5.74) is -4.38. The van der Waals surface area contributed by atoms with E-state index in [0.717, 1.165) is 104 Å². The van der Waals surface area contributed by atoms with Crippen molar-refractivity contribution in [3.8, 4) is 0 Å². The summed E-state index contributed by atoms with van der Waals surface area (Å²) >= 11 is 0. The number of halogens is 12. The number of aliphatic hydroxyl groups is 4. The maximum absolute atomic E-state index is 13.6. The van der Waals surface area contributed by atoms with E-state index in [9.17, 15) is 92.3 Å². The standard InChI is InChI=1S/C23H24F3N5O3.2C20H18F3N5O3.C18H16F3N5O3/c1-13-18(19-28-9-15(14-3-4-14)11-31(19)30-13)20(32)29-22(7-8-34-12-21(22,2)33)17-6-5-16(10-27-17)23(24,25)26;21-20(22,23)13-3-4-15(24-6-13)19(10-31-9-16(19)29)27-18(30)14-7-26-28-8-12(11-1-2-11)5-25-17(14)28;21-20(22,23)15-4-3-13(6-24-15)19(10-31-9-16(19)29)27-18(30)14-7-26-28-8-12(11-1-2-11)5-25-17(14)28;1-10-4-23-15-12(6-24-26(15)7-10)16(28)25-17(9-29-8-14(17)27)11-2-3-13(22-5-11)18(19,20)21/h5-6,9-11,14,33H,3-4,7-8,12H2,1-2H3,(H,29,32);2*3-8,11,16,29H,1-2,9-10H2,(H,27,30);2-7,14,27H,8-9H2,1H3,(H,25,28). The molecule has 16 heterocycles. The van der Waals surface area contributed by atoms with Gasteiger partial charge in [0.2, 0.25) is 0 Å². The van der Waals surface area contributed by atoms with E-state index < -0.39 is 117 Å². The van der Waals surface area contributed by atoms with Crippen LogP contribution in [0.4, 0.5) is 52.7 Å². The van der Waals surface area contributed by atoms with Gasteiger partial charge in [-0.2, -0.15) is 73.1 Å². The molecule has 44 heteroatoms. The Morgan fingerprint density at radius 2 is 0.816 bits per heavy atom. The molecule has 19 rings (SSSR count). The Bertz CT molecular complexity index is 5880. The van der Waals surface area contributed by atoms with Crippen LogP contribution < -0.4 is 21.3 Å². The molecule has 32 nitrogen and oxygen atoms in total. The monoisotopic (exact) mass is 1750 g/mol. The van der Waals surface area contributed by atoms with Crippen LogP contribution >= 0.6 is 0 Å². The number of pyridine rings is 4. The summed E-state index contributed by atoms with van der Waals surface area (Å²) < 4.78 is 182. The fourth-order valence-electron chi connectivity index (χ4n) is 15.4. The highest BCUT2D eigenvalue weighted by molar-refractivity contribution is 6.03. The van der Waals surface area contributed by atoms with Gasteiger partial charge in [0.15, 0.2) is 22.6 Å². The van der Waals surface area contributed by atoms with Crippen LogP contribution in [-0.4, -0.2) is 199 Å². The molecule has 125 heavy (non-hydrogen) atoms. The summed E-state index contributed by atoms with van der Waals surface area (Å²) in [6.45, 7) is 4.37. The summed E-state index contributed by atoms with van der Waals surface area (Å²) in [6, 6.07) is 8.04. The van der Waals surface area contributed by atoms with E-state index in [1.54, 1.807) is 42.4 Å². The first-order valence-electron chi connectivity index (χ1n) is 39.1. The number of nitrogens with zero attached hydrogens (tertiary/aromatic N) is 16. The number of hydrogen-bond acceptors (Lipinski definition) is 24. The minimum Gasteiger partial charge on any atom is -0.388 e. The Kier molecular flexibility index (Phi) is 22.6. The third-order valence-electron chi connectivity index (χ3n) is 23.0. The van der Waals surface area contributed by atoms with Crippen LogP contribution in [0, 0.1) is 13.8 Å². The second-order valence-corrected chi connectivity index (χ2v) is 31.8. The zero-order chi connectivity index (χ0) is 88.7. The summed E-state index contributed by atoms with van der Waals surface area (Å²) in [5, 5.41) is 70.8. The number of aryl methyl sites for hydroxylation is 2. The highest BCUT2D eigenvalue weighted by Crippen LogP contribution is 2.45. The van der Waals surface area contributed by atoms with Crippen molar-refractivity contribution in [3.63, 3.8) is 0 Å². The topological polar surface area (TPSA) is 407 Å². The number of alkyl halides is 12. The Morgan fingerprint density at radius 1 is 0.416 bits per heavy atom. The van der Waals surface area contributed by atoms with Gasteiger partial charge in [-0.25, -0.2) is 38.0 Å². The van der Waals surface area contributed by atoms with Gasteiger partial charge in [0.25, 0.3) is 23.6 Å². The highest BCUT2D eigenvalue weighted by Gasteiger charge is 2.55. The molecule has 7 aliphatic rings. The summed E-state index contributed by atoms with van der Waals surface area (Å²) in [7, 11) is 0. The fraction of sp³-hybridized carbons (Fsp3) is 0.407. The molecule has 12 aromatic heterocycles. The van der Waals surface area contributed by atoms with E-state index in [1.165, 1.54) is 57.3 Å². The van der Waals surface area contributed by atoms with Gasteiger partial charge in [-0.05, 0) is 136 Å². The van der Waals surface area contributed by atoms with E-state index in [0.29, 0.717) is 58.4 Å². The maximum atomic E-state index is 13.6. The Hall–Kier alpha value is -12.2. The molecule has 12 aromatic rings. The smallest absolute Gasteiger partial charge is 0.388 e. The number of carbonyl (C=O) groups is 4. The molecule has 8 unspecified atom stereocenters. The van der Waals surface area contributed by atoms with E-state index in [2.05, 4.69) is 81.5 Å². The molecule has 0 bridgehead atoms. The van der Waals surface area contributed by atoms with E-state index in [-0.39, 0.29) is 104 Å². The van der Waals surface area contributed by atoms with Crippen molar-refractivity contribution in [2.45, 2.75) is 154 Å². The number of nitrogens with one attached hydrogen (secondary N) is 4. The van der Waals surface area contributed by atoms with Crippen LogP contribution in [0.3, 0.4) is 0 Å². The molecule has 4 amide bonds. The van der Waals surface area contributed by atoms with Gasteiger partial charge < -0.3 is 60.6 Å². The molecule has 0 aromatic carbocycles. The number of aromatic nitrogens is 16. The van der Waals surface area contributed by atoms with Crippen LogP contribution in [-0.2, 0) is 65.8 Å². The summed E-state index contributed by atoms with van der Waals surface area (Å²) in [4.78, 5) is 84.8. The minimum atomic E-state index is -4.60. The second kappa shape index (κ2) is 32.7. The van der Waals surface area contributed by atoms with Crippen LogP contribution in [0.5, 0.6) is 0 Å². The second-order valence-electron chi connectivity index (χ2n) is 31.8. The third kappa shape index (κ3) is 17.1. The number of fused-ring (bicyclic) bond motifs is 4. The molecule has 3 saturated carbocycles. The molecule has 0 spiro atoms. The lowest BCUT2D eigenvalue weighted by molar-refractivity contribution is -0.142. The first-order chi connectivity index (χ1) is 59.3. The van der Waals surface area contributed by atoms with Crippen molar-refractivity contribution >= 4 is 46.2 Å².